The van der Waals surface area contributed by atoms with Gasteiger partial charge < -0.3 is 14.5 Å². The zero-order chi connectivity index (χ0) is 15.2. The van der Waals surface area contributed by atoms with Gasteiger partial charge in [0.15, 0.2) is 0 Å². The van der Waals surface area contributed by atoms with Crippen molar-refractivity contribution in [2.24, 2.45) is 0 Å². The Morgan fingerprint density at radius 1 is 1.38 bits per heavy atom. The van der Waals surface area contributed by atoms with Crippen LogP contribution in [0.2, 0.25) is 0 Å². The molecule has 7 nitrogen and oxygen atoms in total. The van der Waals surface area contributed by atoms with Crippen molar-refractivity contribution in [3.63, 3.8) is 0 Å². The fourth-order valence-electron chi connectivity index (χ4n) is 3.62. The molecular formula is C14H21N3O4. The molecule has 7 heteroatoms. The summed E-state index contributed by atoms with van der Waals surface area (Å²) >= 11 is 0. The highest BCUT2D eigenvalue weighted by molar-refractivity contribution is 6.07. The Morgan fingerprint density at radius 2 is 2.14 bits per heavy atom. The zero-order valence-corrected chi connectivity index (χ0v) is 12.5. The van der Waals surface area contributed by atoms with Crippen molar-refractivity contribution >= 4 is 18.0 Å². The molecule has 0 aromatic heterocycles. The van der Waals surface area contributed by atoms with Crippen LogP contribution in [-0.4, -0.2) is 70.6 Å². The van der Waals surface area contributed by atoms with Crippen LogP contribution in [0.4, 0.5) is 9.59 Å². The zero-order valence-electron chi connectivity index (χ0n) is 12.5. The molecule has 0 bridgehead atoms. The molecule has 3 heterocycles. The maximum Gasteiger partial charge on any atom is 0.409 e. The molecule has 1 unspecified atom stereocenters. The molecule has 0 radical (unpaired) electrons. The van der Waals surface area contributed by atoms with E-state index in [4.69, 9.17) is 4.74 Å². The first kappa shape index (κ1) is 14.2. The van der Waals surface area contributed by atoms with Crippen molar-refractivity contribution in [2.45, 2.75) is 44.7 Å². The number of carbonyl (C=O) groups is 3. The number of hydrogen-bond acceptors (Lipinski definition) is 4. The van der Waals surface area contributed by atoms with Gasteiger partial charge in [-0.2, -0.15) is 0 Å². The van der Waals surface area contributed by atoms with Crippen LogP contribution in [0, 0.1) is 0 Å². The number of carbonyl (C=O) groups excluding carboxylic acids is 3. The Bertz CT molecular complexity index is 495. The summed E-state index contributed by atoms with van der Waals surface area (Å²) < 4.78 is 4.97. The summed E-state index contributed by atoms with van der Waals surface area (Å²) in [6.07, 6.45) is 1.86. The number of amides is 4. The second-order valence-electron chi connectivity index (χ2n) is 6.07. The van der Waals surface area contributed by atoms with Gasteiger partial charge in [-0.05, 0) is 33.1 Å². The number of nitrogens with zero attached hydrogens (tertiary/aromatic N) is 3. The number of fused-ring (bicyclic) bond motifs is 1. The second-order valence-corrected chi connectivity index (χ2v) is 6.07. The molecule has 0 N–H and O–H groups in total. The molecule has 3 fully saturated rings. The van der Waals surface area contributed by atoms with Crippen LogP contribution in [0.1, 0.15) is 33.1 Å². The molecule has 21 heavy (non-hydrogen) atoms. The number of likely N-dealkylation sites (tertiary alicyclic amines) is 1. The average Bonchev–Trinajstić information content (AvgIpc) is 3.10. The van der Waals surface area contributed by atoms with Gasteiger partial charge in [-0.25, -0.2) is 9.59 Å². The monoisotopic (exact) mass is 295 g/mol. The lowest BCUT2D eigenvalue weighted by atomic mass is 9.99. The smallest absolute Gasteiger partial charge is 0.409 e. The van der Waals surface area contributed by atoms with E-state index in [2.05, 4.69) is 0 Å². The van der Waals surface area contributed by atoms with Gasteiger partial charge in [0, 0.05) is 19.6 Å². The Kier molecular flexibility index (Phi) is 3.30. The minimum absolute atomic E-state index is 0.110. The highest BCUT2D eigenvalue weighted by Crippen LogP contribution is 2.39. The van der Waals surface area contributed by atoms with E-state index in [1.807, 2.05) is 6.92 Å². The lowest BCUT2D eigenvalue weighted by Crippen LogP contribution is -2.45. The standard InChI is InChI=1S/C14H21N3O4/c1-3-21-13(20)15-8-5-10(9-15)17-11(18)14(2)6-4-7-16(14)12(17)19/h10H,3-9H2,1-2H3/t10?,14-/m0/s1. The van der Waals surface area contributed by atoms with Crippen LogP contribution < -0.4 is 0 Å². The maximum absolute atomic E-state index is 12.6. The molecule has 0 spiro atoms. The predicted molar refractivity (Wildman–Crippen MR) is 73.6 cm³/mol. The number of rotatable bonds is 2. The van der Waals surface area contributed by atoms with Crippen LogP contribution in [0.5, 0.6) is 0 Å². The predicted octanol–water partition coefficient (Wildman–Crippen LogP) is 1.03. The molecule has 0 aliphatic carbocycles. The van der Waals surface area contributed by atoms with Gasteiger partial charge in [0.1, 0.15) is 5.54 Å². The van der Waals surface area contributed by atoms with Crippen molar-refractivity contribution in [2.75, 3.05) is 26.2 Å². The molecule has 2 atom stereocenters. The maximum atomic E-state index is 12.6. The molecule has 4 amide bonds. The first-order chi connectivity index (χ1) is 9.99. The highest BCUT2D eigenvalue weighted by atomic mass is 16.6. The van der Waals surface area contributed by atoms with Crippen molar-refractivity contribution in [3.8, 4) is 0 Å². The Morgan fingerprint density at radius 3 is 2.81 bits per heavy atom. The van der Waals surface area contributed by atoms with Crippen LogP contribution in [-0.2, 0) is 9.53 Å². The van der Waals surface area contributed by atoms with Crippen LogP contribution >= 0.6 is 0 Å². The third-order valence-corrected chi connectivity index (χ3v) is 4.81. The fourth-order valence-corrected chi connectivity index (χ4v) is 3.62. The van der Waals surface area contributed by atoms with Crippen molar-refractivity contribution in [3.05, 3.63) is 0 Å². The minimum Gasteiger partial charge on any atom is -0.450 e. The van der Waals surface area contributed by atoms with E-state index in [0.717, 1.165) is 12.8 Å². The van der Waals surface area contributed by atoms with Crippen molar-refractivity contribution in [1.82, 2.24) is 14.7 Å². The first-order valence-electron chi connectivity index (χ1n) is 7.56. The molecule has 0 saturated carbocycles. The molecule has 3 rings (SSSR count). The second kappa shape index (κ2) is 4.89. The van der Waals surface area contributed by atoms with Crippen LogP contribution in [0.15, 0.2) is 0 Å². The highest BCUT2D eigenvalue weighted by Gasteiger charge is 2.58. The molecule has 0 aromatic rings. The normalized spacial score (nSPS) is 32.1. The first-order valence-corrected chi connectivity index (χ1v) is 7.56. The lowest BCUT2D eigenvalue weighted by Gasteiger charge is -2.23. The lowest BCUT2D eigenvalue weighted by molar-refractivity contribution is -0.133. The van der Waals surface area contributed by atoms with E-state index in [9.17, 15) is 14.4 Å². The Labute approximate surface area is 123 Å². The summed E-state index contributed by atoms with van der Waals surface area (Å²) in [5, 5.41) is 0. The quantitative estimate of drug-likeness (QED) is 0.714. The molecule has 3 saturated heterocycles. The third-order valence-electron chi connectivity index (χ3n) is 4.81. The summed E-state index contributed by atoms with van der Waals surface area (Å²) in [5.74, 6) is -0.110. The number of hydrogen-bond donors (Lipinski definition) is 0. The average molecular weight is 295 g/mol. The van der Waals surface area contributed by atoms with E-state index < -0.39 is 5.54 Å². The van der Waals surface area contributed by atoms with E-state index in [-0.39, 0.29) is 24.1 Å². The molecule has 3 aliphatic rings. The number of imide groups is 1. The SMILES string of the molecule is CCOC(=O)N1CCC(N2C(=O)N3CCC[C@@]3(C)C2=O)C1. The van der Waals surface area contributed by atoms with E-state index in [1.165, 1.54) is 4.90 Å². The number of ether oxygens (including phenoxy) is 1. The Hall–Kier alpha value is -1.79. The van der Waals surface area contributed by atoms with E-state index in [0.29, 0.717) is 32.7 Å². The van der Waals surface area contributed by atoms with Crippen LogP contribution in [0.3, 0.4) is 0 Å². The van der Waals surface area contributed by atoms with Crippen LogP contribution in [0.25, 0.3) is 0 Å². The van der Waals surface area contributed by atoms with Gasteiger partial charge in [-0.1, -0.05) is 0 Å². The van der Waals surface area contributed by atoms with Gasteiger partial charge in [0.05, 0.1) is 12.6 Å². The van der Waals surface area contributed by atoms with Gasteiger partial charge in [0.2, 0.25) is 0 Å². The summed E-state index contributed by atoms with van der Waals surface area (Å²) in [6, 6.07) is -0.424. The summed E-state index contributed by atoms with van der Waals surface area (Å²) in [6.45, 7) is 5.48. The van der Waals surface area contributed by atoms with E-state index in [1.54, 1.807) is 16.7 Å². The summed E-state index contributed by atoms with van der Waals surface area (Å²) in [7, 11) is 0. The van der Waals surface area contributed by atoms with Gasteiger partial charge in [-0.3, -0.25) is 9.69 Å². The molecule has 116 valence electrons. The number of urea groups is 1. The van der Waals surface area contributed by atoms with Gasteiger partial charge in [0.25, 0.3) is 5.91 Å². The van der Waals surface area contributed by atoms with Gasteiger partial charge in [-0.15, -0.1) is 0 Å². The Balaban J connectivity index is 1.73. The minimum atomic E-state index is -0.672. The summed E-state index contributed by atoms with van der Waals surface area (Å²) in [4.78, 5) is 41.5. The third kappa shape index (κ3) is 1.98. The topological polar surface area (TPSA) is 70.2 Å². The van der Waals surface area contributed by atoms with Crippen molar-refractivity contribution in [1.29, 1.82) is 0 Å². The summed E-state index contributed by atoms with van der Waals surface area (Å²) in [5.41, 5.74) is -0.672. The fraction of sp³-hybridized carbons (Fsp3) is 0.786. The largest absolute Gasteiger partial charge is 0.450 e. The van der Waals surface area contributed by atoms with E-state index >= 15 is 0 Å². The van der Waals surface area contributed by atoms with Gasteiger partial charge >= 0.3 is 12.1 Å². The molecular weight excluding hydrogens is 274 g/mol. The van der Waals surface area contributed by atoms with Crippen molar-refractivity contribution < 1.29 is 19.1 Å². The molecule has 3 aliphatic heterocycles. The molecule has 0 aromatic carbocycles.